The molecule has 6 heteroatoms. The zero-order valence-corrected chi connectivity index (χ0v) is 13.8. The molecule has 2 aromatic rings. The van der Waals surface area contributed by atoms with Gasteiger partial charge in [0.2, 0.25) is 0 Å². The summed E-state index contributed by atoms with van der Waals surface area (Å²) in [5.74, 6) is 0.239. The average Bonchev–Trinajstić information content (AvgIpc) is 2.60. The van der Waals surface area contributed by atoms with Gasteiger partial charge in [-0.3, -0.25) is 4.79 Å². The first-order valence-electron chi connectivity index (χ1n) is 7.29. The van der Waals surface area contributed by atoms with Crippen molar-refractivity contribution in [1.82, 2.24) is 0 Å². The maximum absolute atomic E-state index is 12.0. The normalized spacial score (nSPS) is 9.96. The van der Waals surface area contributed by atoms with E-state index in [-0.39, 0.29) is 12.5 Å². The summed E-state index contributed by atoms with van der Waals surface area (Å²) in [5.41, 5.74) is 1.88. The van der Waals surface area contributed by atoms with Crippen LogP contribution < -0.4 is 14.8 Å². The molecule has 1 N–H and O–H groups in total. The molecule has 0 atom stereocenters. The molecule has 0 aliphatic heterocycles. The molecule has 1 amide bonds. The first-order valence-corrected chi connectivity index (χ1v) is 7.29. The average molecular weight is 329 g/mol. The Morgan fingerprint density at radius 2 is 1.83 bits per heavy atom. The largest absolute Gasteiger partial charge is 0.493 e. The lowest BCUT2D eigenvalue weighted by Crippen LogP contribution is -2.20. The molecule has 0 heterocycles. The molecule has 126 valence electrons. The number of rotatable bonds is 6. The van der Waals surface area contributed by atoms with Gasteiger partial charge >= 0.3 is 5.97 Å². The zero-order valence-electron chi connectivity index (χ0n) is 13.8. The molecule has 0 radical (unpaired) electrons. The number of ether oxygens (including phenoxy) is 3. The minimum atomic E-state index is -0.466. The standard InChI is InChI=1S/C18H19NO5/c1-12-7-8-15(16(9-12)22-2)24-11-17(20)19-14-6-4-5-13(10-14)18(21)23-3/h4-10H,11H2,1-3H3,(H,19,20). The van der Waals surface area contributed by atoms with Crippen molar-refractivity contribution in [2.24, 2.45) is 0 Å². The van der Waals surface area contributed by atoms with Gasteiger partial charge in [0, 0.05) is 5.69 Å². The van der Waals surface area contributed by atoms with E-state index < -0.39 is 5.97 Å². The van der Waals surface area contributed by atoms with Crippen LogP contribution in [0.1, 0.15) is 15.9 Å². The zero-order chi connectivity index (χ0) is 17.5. The summed E-state index contributed by atoms with van der Waals surface area (Å²) in [4.78, 5) is 23.5. The van der Waals surface area contributed by atoms with Crippen LogP contribution in [0, 0.1) is 6.92 Å². The molecule has 6 nitrogen and oxygen atoms in total. The smallest absolute Gasteiger partial charge is 0.337 e. The van der Waals surface area contributed by atoms with Crippen molar-refractivity contribution >= 4 is 17.6 Å². The SMILES string of the molecule is COC(=O)c1cccc(NC(=O)COc2ccc(C)cc2OC)c1. The Morgan fingerprint density at radius 3 is 2.54 bits per heavy atom. The number of esters is 1. The van der Waals surface area contributed by atoms with Gasteiger partial charge in [-0.05, 0) is 42.8 Å². The summed E-state index contributed by atoms with van der Waals surface area (Å²) in [7, 11) is 2.84. The third kappa shape index (κ3) is 4.49. The lowest BCUT2D eigenvalue weighted by molar-refractivity contribution is -0.118. The summed E-state index contributed by atoms with van der Waals surface area (Å²) in [6.45, 7) is 1.76. The number of carbonyl (C=O) groups excluding carboxylic acids is 2. The Kier molecular flexibility index (Phi) is 5.78. The van der Waals surface area contributed by atoms with E-state index in [1.165, 1.54) is 13.2 Å². The van der Waals surface area contributed by atoms with Crippen molar-refractivity contribution in [2.75, 3.05) is 26.1 Å². The molecular formula is C18H19NO5. The fraction of sp³-hybridized carbons (Fsp3) is 0.222. The van der Waals surface area contributed by atoms with Crippen LogP contribution in [-0.2, 0) is 9.53 Å². The number of methoxy groups -OCH3 is 2. The fourth-order valence-electron chi connectivity index (χ4n) is 2.08. The molecule has 0 aliphatic rings. The van der Waals surface area contributed by atoms with Gasteiger partial charge in [0.1, 0.15) is 0 Å². The Morgan fingerprint density at radius 1 is 1.04 bits per heavy atom. The second-order valence-electron chi connectivity index (χ2n) is 5.06. The van der Waals surface area contributed by atoms with Gasteiger partial charge in [-0.25, -0.2) is 4.79 Å². The number of nitrogens with one attached hydrogen (secondary N) is 1. The summed E-state index contributed by atoms with van der Waals surface area (Å²) in [6.07, 6.45) is 0. The highest BCUT2D eigenvalue weighted by Gasteiger charge is 2.10. The number of anilines is 1. The molecule has 0 unspecified atom stereocenters. The molecule has 2 rings (SSSR count). The van der Waals surface area contributed by atoms with Crippen molar-refractivity contribution in [3.63, 3.8) is 0 Å². The van der Waals surface area contributed by atoms with Crippen LogP contribution in [0.5, 0.6) is 11.5 Å². The lowest BCUT2D eigenvalue weighted by Gasteiger charge is -2.11. The van der Waals surface area contributed by atoms with Crippen LogP contribution in [0.4, 0.5) is 5.69 Å². The Bertz CT molecular complexity index is 742. The monoisotopic (exact) mass is 329 g/mol. The second kappa shape index (κ2) is 8.01. The maximum atomic E-state index is 12.0. The van der Waals surface area contributed by atoms with Crippen molar-refractivity contribution in [2.45, 2.75) is 6.92 Å². The number of aryl methyl sites for hydroxylation is 1. The number of hydrogen-bond donors (Lipinski definition) is 1. The molecule has 0 aromatic heterocycles. The first kappa shape index (κ1) is 17.3. The fourth-order valence-corrected chi connectivity index (χ4v) is 2.08. The van der Waals surface area contributed by atoms with Gasteiger partial charge in [0.25, 0.3) is 5.91 Å². The Labute approximate surface area is 140 Å². The molecule has 0 bridgehead atoms. The van der Waals surface area contributed by atoms with Gasteiger partial charge in [0.05, 0.1) is 19.8 Å². The number of carbonyl (C=O) groups is 2. The van der Waals surface area contributed by atoms with E-state index in [2.05, 4.69) is 10.1 Å². The summed E-state index contributed by atoms with van der Waals surface area (Å²) < 4.78 is 15.4. The minimum absolute atomic E-state index is 0.179. The van der Waals surface area contributed by atoms with Gasteiger partial charge in [-0.1, -0.05) is 12.1 Å². The third-order valence-electron chi connectivity index (χ3n) is 3.25. The Balaban J connectivity index is 1.98. The lowest BCUT2D eigenvalue weighted by atomic mass is 10.2. The molecule has 2 aromatic carbocycles. The van der Waals surface area contributed by atoms with Gasteiger partial charge < -0.3 is 19.5 Å². The topological polar surface area (TPSA) is 73.9 Å². The van der Waals surface area contributed by atoms with Crippen LogP contribution in [-0.4, -0.2) is 32.7 Å². The summed E-state index contributed by atoms with van der Waals surface area (Å²) in [6, 6.07) is 11.9. The van der Waals surface area contributed by atoms with Crippen molar-refractivity contribution in [3.05, 3.63) is 53.6 Å². The molecule has 0 aliphatic carbocycles. The van der Waals surface area contributed by atoms with Crippen LogP contribution in [0.3, 0.4) is 0 Å². The molecule has 0 saturated carbocycles. The van der Waals surface area contributed by atoms with Crippen LogP contribution >= 0.6 is 0 Å². The molecule has 0 spiro atoms. The van der Waals surface area contributed by atoms with E-state index in [1.807, 2.05) is 19.1 Å². The number of benzene rings is 2. The van der Waals surface area contributed by atoms with Crippen molar-refractivity contribution in [3.8, 4) is 11.5 Å². The maximum Gasteiger partial charge on any atom is 0.337 e. The van der Waals surface area contributed by atoms with E-state index in [4.69, 9.17) is 9.47 Å². The van der Waals surface area contributed by atoms with E-state index in [1.54, 1.807) is 31.4 Å². The van der Waals surface area contributed by atoms with Gasteiger partial charge in [0.15, 0.2) is 18.1 Å². The molecule has 24 heavy (non-hydrogen) atoms. The van der Waals surface area contributed by atoms with Crippen LogP contribution in [0.25, 0.3) is 0 Å². The third-order valence-corrected chi connectivity index (χ3v) is 3.25. The molecular weight excluding hydrogens is 310 g/mol. The minimum Gasteiger partial charge on any atom is -0.493 e. The highest BCUT2D eigenvalue weighted by molar-refractivity contribution is 5.95. The quantitative estimate of drug-likeness (QED) is 0.825. The van der Waals surface area contributed by atoms with Crippen LogP contribution in [0.15, 0.2) is 42.5 Å². The molecule has 0 saturated heterocycles. The van der Waals surface area contributed by atoms with E-state index in [9.17, 15) is 9.59 Å². The van der Waals surface area contributed by atoms with E-state index >= 15 is 0 Å². The second-order valence-corrected chi connectivity index (χ2v) is 5.06. The van der Waals surface area contributed by atoms with Crippen molar-refractivity contribution < 1.29 is 23.8 Å². The predicted octanol–water partition coefficient (Wildman–Crippen LogP) is 2.81. The molecule has 0 fully saturated rings. The summed E-state index contributed by atoms with van der Waals surface area (Å²) in [5, 5.41) is 2.67. The predicted molar refractivity (Wildman–Crippen MR) is 89.6 cm³/mol. The highest BCUT2D eigenvalue weighted by Crippen LogP contribution is 2.27. The van der Waals surface area contributed by atoms with Crippen molar-refractivity contribution in [1.29, 1.82) is 0 Å². The van der Waals surface area contributed by atoms with Gasteiger partial charge in [-0.2, -0.15) is 0 Å². The Hall–Kier alpha value is -3.02. The first-order chi connectivity index (χ1) is 11.5. The number of hydrogen-bond acceptors (Lipinski definition) is 5. The van der Waals surface area contributed by atoms with Gasteiger partial charge in [-0.15, -0.1) is 0 Å². The highest BCUT2D eigenvalue weighted by atomic mass is 16.5. The van der Waals surface area contributed by atoms with E-state index in [0.717, 1.165) is 5.56 Å². The number of amides is 1. The van der Waals surface area contributed by atoms with E-state index in [0.29, 0.717) is 22.7 Å². The van der Waals surface area contributed by atoms with Crippen LogP contribution in [0.2, 0.25) is 0 Å². The summed E-state index contributed by atoms with van der Waals surface area (Å²) >= 11 is 0.